The van der Waals surface area contributed by atoms with Gasteiger partial charge >= 0.3 is 11.9 Å². The number of nitro groups is 1. The Labute approximate surface area is 128 Å². The van der Waals surface area contributed by atoms with Gasteiger partial charge in [0.15, 0.2) is 5.92 Å². The summed E-state index contributed by atoms with van der Waals surface area (Å²) in [4.78, 5) is 33.9. The largest absolute Gasteiger partial charge is 0.465 e. The van der Waals surface area contributed by atoms with Crippen LogP contribution in [-0.2, 0) is 25.5 Å². The Bertz CT molecular complexity index is 525. The molecule has 0 spiro atoms. The minimum Gasteiger partial charge on any atom is -0.465 e. The zero-order valence-electron chi connectivity index (χ0n) is 12.6. The third-order valence-corrected chi connectivity index (χ3v) is 2.99. The molecule has 0 bridgehead atoms. The second-order valence-electron chi connectivity index (χ2n) is 4.52. The molecule has 0 heterocycles. The normalized spacial score (nSPS) is 10.3. The van der Waals surface area contributed by atoms with Gasteiger partial charge in [0, 0.05) is 12.1 Å². The molecule has 0 radical (unpaired) electrons. The van der Waals surface area contributed by atoms with Gasteiger partial charge in [-0.3, -0.25) is 19.7 Å². The highest BCUT2D eigenvalue weighted by molar-refractivity contribution is 5.94. The lowest BCUT2D eigenvalue weighted by molar-refractivity contribution is -0.384. The number of benzene rings is 1. The second kappa shape index (κ2) is 8.76. The van der Waals surface area contributed by atoms with Gasteiger partial charge in [-0.1, -0.05) is 12.1 Å². The lowest BCUT2D eigenvalue weighted by Gasteiger charge is -2.14. The zero-order valence-corrected chi connectivity index (χ0v) is 12.6. The summed E-state index contributed by atoms with van der Waals surface area (Å²) in [6.07, 6.45) is 0.517. The number of hydrogen-bond donors (Lipinski definition) is 0. The van der Waals surface area contributed by atoms with E-state index in [1.54, 1.807) is 26.0 Å². The van der Waals surface area contributed by atoms with E-state index in [1.165, 1.54) is 12.1 Å². The molecule has 1 aromatic rings. The average Bonchev–Trinajstić information content (AvgIpc) is 2.48. The van der Waals surface area contributed by atoms with E-state index in [9.17, 15) is 19.7 Å². The summed E-state index contributed by atoms with van der Waals surface area (Å²) in [6, 6.07) is 6.09. The topological polar surface area (TPSA) is 95.7 Å². The Morgan fingerprint density at radius 1 is 1.18 bits per heavy atom. The van der Waals surface area contributed by atoms with Crippen LogP contribution in [0.5, 0.6) is 0 Å². The Balaban J connectivity index is 2.77. The van der Waals surface area contributed by atoms with E-state index in [1.807, 2.05) is 0 Å². The lowest BCUT2D eigenvalue weighted by Crippen LogP contribution is -2.28. The first-order valence-corrected chi connectivity index (χ1v) is 7.06. The molecule has 0 saturated heterocycles. The van der Waals surface area contributed by atoms with E-state index in [0.717, 1.165) is 0 Å². The molecule has 0 aliphatic rings. The van der Waals surface area contributed by atoms with Gasteiger partial charge in [0.25, 0.3) is 5.69 Å². The first-order valence-electron chi connectivity index (χ1n) is 7.06. The third-order valence-electron chi connectivity index (χ3n) is 2.99. The molecule has 1 aromatic carbocycles. The van der Waals surface area contributed by atoms with Crippen molar-refractivity contribution >= 4 is 17.6 Å². The maximum atomic E-state index is 11.8. The fourth-order valence-electron chi connectivity index (χ4n) is 1.95. The van der Waals surface area contributed by atoms with Crippen molar-refractivity contribution in [2.75, 3.05) is 13.2 Å². The Morgan fingerprint density at radius 3 is 2.27 bits per heavy atom. The molecule has 0 unspecified atom stereocenters. The van der Waals surface area contributed by atoms with Crippen molar-refractivity contribution in [1.29, 1.82) is 0 Å². The summed E-state index contributed by atoms with van der Waals surface area (Å²) < 4.78 is 9.75. The molecule has 0 aliphatic heterocycles. The molecule has 7 heteroatoms. The van der Waals surface area contributed by atoms with Gasteiger partial charge in [-0.05, 0) is 32.3 Å². The maximum absolute atomic E-state index is 11.8. The van der Waals surface area contributed by atoms with Crippen LogP contribution in [0, 0.1) is 16.0 Å². The van der Waals surface area contributed by atoms with Gasteiger partial charge in [-0.15, -0.1) is 0 Å². The van der Waals surface area contributed by atoms with Crippen LogP contribution in [0.15, 0.2) is 24.3 Å². The summed E-state index contributed by atoms with van der Waals surface area (Å²) in [5, 5.41) is 10.7. The van der Waals surface area contributed by atoms with Crippen LogP contribution < -0.4 is 0 Å². The average molecular weight is 309 g/mol. The van der Waals surface area contributed by atoms with E-state index in [4.69, 9.17) is 9.47 Å². The minimum absolute atomic E-state index is 0.0266. The molecule has 0 amide bonds. The summed E-state index contributed by atoms with van der Waals surface area (Å²) in [5.74, 6) is -2.28. The van der Waals surface area contributed by atoms with Crippen molar-refractivity contribution < 1.29 is 24.0 Å². The molecular formula is C15H19NO6. The van der Waals surface area contributed by atoms with E-state index in [-0.39, 0.29) is 25.3 Å². The smallest absolute Gasteiger partial charge is 0.320 e. The number of hydrogen-bond acceptors (Lipinski definition) is 6. The predicted octanol–water partition coefficient (Wildman–Crippen LogP) is 2.27. The Hall–Kier alpha value is -2.44. The van der Waals surface area contributed by atoms with Crippen molar-refractivity contribution in [3.63, 3.8) is 0 Å². The van der Waals surface area contributed by atoms with E-state index < -0.39 is 22.8 Å². The number of rotatable bonds is 8. The molecule has 1 rings (SSSR count). The highest BCUT2D eigenvalue weighted by Gasteiger charge is 2.29. The Kier molecular flexibility index (Phi) is 7.01. The lowest BCUT2D eigenvalue weighted by atomic mass is 9.99. The van der Waals surface area contributed by atoms with Crippen molar-refractivity contribution in [2.45, 2.75) is 26.7 Å². The van der Waals surface area contributed by atoms with Crippen LogP contribution in [0.2, 0.25) is 0 Å². The summed E-state index contributed by atoms with van der Waals surface area (Å²) >= 11 is 0. The predicted molar refractivity (Wildman–Crippen MR) is 78.2 cm³/mol. The fourth-order valence-corrected chi connectivity index (χ4v) is 1.95. The molecule has 0 atom stereocenters. The summed E-state index contributed by atoms with van der Waals surface area (Å²) in [6.45, 7) is 3.65. The summed E-state index contributed by atoms with van der Waals surface area (Å²) in [5.41, 5.74) is 0.647. The molecular weight excluding hydrogens is 290 g/mol. The highest BCUT2D eigenvalue weighted by atomic mass is 16.6. The maximum Gasteiger partial charge on any atom is 0.320 e. The van der Waals surface area contributed by atoms with Gasteiger partial charge in [-0.2, -0.15) is 0 Å². The first-order chi connectivity index (χ1) is 10.5. The van der Waals surface area contributed by atoms with Crippen LogP contribution >= 0.6 is 0 Å². The molecule has 0 aliphatic carbocycles. The van der Waals surface area contributed by atoms with Crippen molar-refractivity contribution in [2.24, 2.45) is 5.92 Å². The number of nitro benzene ring substituents is 1. The Morgan fingerprint density at radius 2 is 1.77 bits per heavy atom. The van der Waals surface area contributed by atoms with Crippen molar-refractivity contribution in [1.82, 2.24) is 0 Å². The first kappa shape index (κ1) is 17.6. The monoisotopic (exact) mass is 309 g/mol. The van der Waals surface area contributed by atoms with E-state index >= 15 is 0 Å². The standard InChI is InChI=1S/C15H19NO6/c1-3-21-14(17)13(15(18)22-4-2)9-8-11-6-5-7-12(10-11)16(19)20/h5-7,10,13H,3-4,8-9H2,1-2H3. The molecule has 120 valence electrons. The number of non-ortho nitro benzene ring substituents is 1. The van der Waals surface area contributed by atoms with Gasteiger partial charge < -0.3 is 9.47 Å². The summed E-state index contributed by atoms with van der Waals surface area (Å²) in [7, 11) is 0. The number of esters is 2. The van der Waals surface area contributed by atoms with Crippen LogP contribution in [0.4, 0.5) is 5.69 Å². The third kappa shape index (κ3) is 5.16. The molecule has 0 aromatic heterocycles. The van der Waals surface area contributed by atoms with Crippen molar-refractivity contribution in [3.05, 3.63) is 39.9 Å². The zero-order chi connectivity index (χ0) is 16.5. The molecule has 0 fully saturated rings. The molecule has 7 nitrogen and oxygen atoms in total. The van der Waals surface area contributed by atoms with Gasteiger partial charge in [0.05, 0.1) is 18.1 Å². The fraction of sp³-hybridized carbons (Fsp3) is 0.467. The molecule has 0 N–H and O–H groups in total. The van der Waals surface area contributed by atoms with Gasteiger partial charge in [0.2, 0.25) is 0 Å². The quantitative estimate of drug-likeness (QED) is 0.316. The highest BCUT2D eigenvalue weighted by Crippen LogP contribution is 2.18. The number of carbonyl (C=O) groups is 2. The SMILES string of the molecule is CCOC(=O)C(CCc1cccc([N+](=O)[O-])c1)C(=O)OCC. The molecule has 22 heavy (non-hydrogen) atoms. The number of carbonyl (C=O) groups excluding carboxylic acids is 2. The number of ether oxygens (including phenoxy) is 2. The number of aryl methyl sites for hydroxylation is 1. The molecule has 0 saturated carbocycles. The van der Waals surface area contributed by atoms with Crippen LogP contribution in [0.3, 0.4) is 0 Å². The number of nitrogens with zero attached hydrogens (tertiary/aromatic N) is 1. The van der Waals surface area contributed by atoms with Gasteiger partial charge in [0.1, 0.15) is 0 Å². The van der Waals surface area contributed by atoms with Crippen molar-refractivity contribution in [3.8, 4) is 0 Å². The van der Waals surface area contributed by atoms with E-state index in [0.29, 0.717) is 12.0 Å². The van der Waals surface area contributed by atoms with Crippen LogP contribution in [0.1, 0.15) is 25.8 Å². The van der Waals surface area contributed by atoms with Gasteiger partial charge in [-0.25, -0.2) is 0 Å². The van der Waals surface area contributed by atoms with E-state index in [2.05, 4.69) is 0 Å². The van der Waals surface area contributed by atoms with Crippen LogP contribution in [-0.4, -0.2) is 30.1 Å². The minimum atomic E-state index is -1.01. The second-order valence-corrected chi connectivity index (χ2v) is 4.52. The van der Waals surface area contributed by atoms with Crippen LogP contribution in [0.25, 0.3) is 0 Å².